The van der Waals surface area contributed by atoms with Gasteiger partial charge in [0.25, 0.3) is 0 Å². The van der Waals surface area contributed by atoms with Crippen LogP contribution in [0.3, 0.4) is 0 Å². The molecule has 0 spiro atoms. The van der Waals surface area contributed by atoms with Crippen molar-refractivity contribution >= 4 is 11.9 Å². The number of hydrogen-bond donors (Lipinski definition) is 2. The quantitative estimate of drug-likeness (QED) is 0.663. The maximum absolute atomic E-state index is 11.0. The van der Waals surface area contributed by atoms with Crippen LogP contribution >= 0.6 is 0 Å². The van der Waals surface area contributed by atoms with Gasteiger partial charge in [-0.1, -0.05) is 20.3 Å². The number of hydrogen-bond acceptors (Lipinski definition) is 2. The summed E-state index contributed by atoms with van der Waals surface area (Å²) in [6.45, 7) is 7.71. The van der Waals surface area contributed by atoms with Crippen LogP contribution in [0.2, 0.25) is 0 Å². The predicted molar refractivity (Wildman–Crippen MR) is 70.5 cm³/mol. The predicted octanol–water partition coefficient (Wildman–Crippen LogP) is 3.55. The van der Waals surface area contributed by atoms with E-state index in [4.69, 9.17) is 10.2 Å². The minimum Gasteiger partial charge on any atom is -0.481 e. The molecule has 0 saturated carbocycles. The second-order valence-electron chi connectivity index (χ2n) is 6.45. The molecule has 0 atom stereocenters. The normalized spacial score (nSPS) is 12.4. The van der Waals surface area contributed by atoms with Gasteiger partial charge in [0.1, 0.15) is 0 Å². The van der Waals surface area contributed by atoms with Crippen molar-refractivity contribution in [3.63, 3.8) is 0 Å². The van der Waals surface area contributed by atoms with Gasteiger partial charge in [0.05, 0.1) is 5.41 Å². The number of carbonyl (C=O) groups is 2. The van der Waals surface area contributed by atoms with Crippen molar-refractivity contribution in [2.24, 2.45) is 10.8 Å². The molecule has 0 aliphatic rings. The van der Waals surface area contributed by atoms with Crippen LogP contribution in [0.5, 0.6) is 0 Å². The molecule has 0 saturated heterocycles. The molecule has 0 aromatic rings. The summed E-state index contributed by atoms with van der Waals surface area (Å²) < 4.78 is 0. The average Bonchev–Trinajstić information content (AvgIpc) is 2.15. The van der Waals surface area contributed by atoms with Gasteiger partial charge in [-0.15, -0.1) is 0 Å². The fraction of sp³-hybridized carbons (Fsp3) is 0.857. The maximum atomic E-state index is 11.0. The molecule has 18 heavy (non-hydrogen) atoms. The molecule has 2 N–H and O–H groups in total. The molecule has 0 heterocycles. The standard InChI is InChI=1S/C14H26O4/c1-13(2,8-5-7-11(15)16)9-6-10-14(3,4)12(17)18/h5-10H2,1-4H3,(H,15,16)(H,17,18). The molecule has 0 rings (SSSR count). The third-order valence-corrected chi connectivity index (χ3v) is 3.48. The lowest BCUT2D eigenvalue weighted by Gasteiger charge is -2.26. The first kappa shape index (κ1) is 16.9. The summed E-state index contributed by atoms with van der Waals surface area (Å²) >= 11 is 0. The number of carboxylic acids is 2. The topological polar surface area (TPSA) is 74.6 Å². The van der Waals surface area contributed by atoms with Gasteiger partial charge >= 0.3 is 11.9 Å². The second-order valence-corrected chi connectivity index (χ2v) is 6.45. The molecule has 4 nitrogen and oxygen atoms in total. The molecule has 4 heteroatoms. The maximum Gasteiger partial charge on any atom is 0.309 e. The molecule has 0 aromatic carbocycles. The van der Waals surface area contributed by atoms with Gasteiger partial charge in [-0.3, -0.25) is 9.59 Å². The van der Waals surface area contributed by atoms with Crippen molar-refractivity contribution in [2.45, 2.75) is 66.2 Å². The first-order valence-electron chi connectivity index (χ1n) is 6.52. The Morgan fingerprint density at radius 3 is 1.83 bits per heavy atom. The smallest absolute Gasteiger partial charge is 0.309 e. The lowest BCUT2D eigenvalue weighted by Crippen LogP contribution is -2.24. The van der Waals surface area contributed by atoms with E-state index in [9.17, 15) is 9.59 Å². The van der Waals surface area contributed by atoms with Gasteiger partial charge in [-0.25, -0.2) is 0 Å². The fourth-order valence-electron chi connectivity index (χ4n) is 1.96. The molecule has 0 aliphatic heterocycles. The SMILES string of the molecule is CC(C)(CCCC(=O)O)CCCC(C)(C)C(=O)O. The van der Waals surface area contributed by atoms with Crippen molar-refractivity contribution in [1.29, 1.82) is 0 Å². The van der Waals surface area contributed by atoms with E-state index in [0.29, 0.717) is 12.8 Å². The Morgan fingerprint density at radius 1 is 0.889 bits per heavy atom. The second kappa shape index (κ2) is 6.76. The summed E-state index contributed by atoms with van der Waals surface area (Å²) in [6.07, 6.45) is 4.22. The summed E-state index contributed by atoms with van der Waals surface area (Å²) in [7, 11) is 0. The third-order valence-electron chi connectivity index (χ3n) is 3.48. The van der Waals surface area contributed by atoms with E-state index >= 15 is 0 Å². The van der Waals surface area contributed by atoms with E-state index in [2.05, 4.69) is 13.8 Å². The molecular weight excluding hydrogens is 232 g/mol. The molecule has 106 valence electrons. The first-order valence-corrected chi connectivity index (χ1v) is 6.52. The summed E-state index contributed by atoms with van der Waals surface area (Å²) in [4.78, 5) is 21.4. The lowest BCUT2D eigenvalue weighted by atomic mass is 9.79. The summed E-state index contributed by atoms with van der Waals surface area (Å²) in [5, 5.41) is 17.6. The molecule has 0 fully saturated rings. The van der Waals surface area contributed by atoms with Crippen molar-refractivity contribution < 1.29 is 19.8 Å². The van der Waals surface area contributed by atoms with Crippen LogP contribution in [0.4, 0.5) is 0 Å². The van der Waals surface area contributed by atoms with E-state index in [0.717, 1.165) is 19.3 Å². The number of rotatable bonds is 9. The zero-order valence-corrected chi connectivity index (χ0v) is 12.0. The fourth-order valence-corrected chi connectivity index (χ4v) is 1.96. The van der Waals surface area contributed by atoms with Gasteiger partial charge in [0.2, 0.25) is 0 Å². The number of aliphatic carboxylic acids is 2. The van der Waals surface area contributed by atoms with E-state index in [1.165, 1.54) is 0 Å². The van der Waals surface area contributed by atoms with Gasteiger partial charge in [-0.05, 0) is 44.9 Å². The monoisotopic (exact) mass is 258 g/mol. The largest absolute Gasteiger partial charge is 0.481 e. The molecule has 0 bridgehead atoms. The highest BCUT2D eigenvalue weighted by Gasteiger charge is 2.27. The molecule has 0 aromatic heterocycles. The zero-order chi connectivity index (χ0) is 14.4. The molecular formula is C14H26O4. The number of carboxylic acid groups (broad SMARTS) is 2. The Hall–Kier alpha value is -1.06. The van der Waals surface area contributed by atoms with E-state index in [1.54, 1.807) is 13.8 Å². The Bertz CT molecular complexity index is 292. The Balaban J connectivity index is 3.96. The third kappa shape index (κ3) is 7.30. The van der Waals surface area contributed by atoms with E-state index in [-0.39, 0.29) is 11.8 Å². The zero-order valence-electron chi connectivity index (χ0n) is 12.0. The van der Waals surface area contributed by atoms with Crippen LogP contribution in [0.25, 0.3) is 0 Å². The lowest BCUT2D eigenvalue weighted by molar-refractivity contribution is -0.147. The molecule has 0 aliphatic carbocycles. The molecule has 0 unspecified atom stereocenters. The Kier molecular flexibility index (Phi) is 6.36. The highest BCUT2D eigenvalue weighted by molar-refractivity contribution is 5.73. The van der Waals surface area contributed by atoms with Crippen molar-refractivity contribution in [3.8, 4) is 0 Å². The first-order chi connectivity index (χ1) is 8.07. The van der Waals surface area contributed by atoms with Crippen LogP contribution < -0.4 is 0 Å². The van der Waals surface area contributed by atoms with Gasteiger partial charge < -0.3 is 10.2 Å². The molecule has 0 radical (unpaired) electrons. The van der Waals surface area contributed by atoms with Gasteiger partial charge in [0.15, 0.2) is 0 Å². The van der Waals surface area contributed by atoms with Crippen LogP contribution in [0.1, 0.15) is 66.2 Å². The van der Waals surface area contributed by atoms with E-state index in [1.807, 2.05) is 0 Å². The minimum atomic E-state index is -0.758. The summed E-state index contributed by atoms with van der Waals surface area (Å²) in [6, 6.07) is 0. The summed E-state index contributed by atoms with van der Waals surface area (Å²) in [5.41, 5.74) is -0.582. The van der Waals surface area contributed by atoms with Crippen LogP contribution in [0.15, 0.2) is 0 Å². The summed E-state index contributed by atoms with van der Waals surface area (Å²) in [5.74, 6) is -1.51. The highest BCUT2D eigenvalue weighted by Crippen LogP contribution is 2.32. The van der Waals surface area contributed by atoms with Crippen molar-refractivity contribution in [2.75, 3.05) is 0 Å². The Labute approximate surface area is 109 Å². The molecule has 0 amide bonds. The van der Waals surface area contributed by atoms with Crippen molar-refractivity contribution in [1.82, 2.24) is 0 Å². The van der Waals surface area contributed by atoms with Gasteiger partial charge in [0, 0.05) is 6.42 Å². The highest BCUT2D eigenvalue weighted by atomic mass is 16.4. The van der Waals surface area contributed by atoms with Crippen LogP contribution in [-0.2, 0) is 9.59 Å². The van der Waals surface area contributed by atoms with E-state index < -0.39 is 17.4 Å². The Morgan fingerprint density at radius 2 is 1.39 bits per heavy atom. The van der Waals surface area contributed by atoms with Crippen LogP contribution in [0, 0.1) is 10.8 Å². The average molecular weight is 258 g/mol. The minimum absolute atomic E-state index is 0.0873. The van der Waals surface area contributed by atoms with Crippen LogP contribution in [-0.4, -0.2) is 22.2 Å². The van der Waals surface area contributed by atoms with Crippen molar-refractivity contribution in [3.05, 3.63) is 0 Å². The van der Waals surface area contributed by atoms with Gasteiger partial charge in [-0.2, -0.15) is 0 Å².